The van der Waals surface area contributed by atoms with Gasteiger partial charge in [0.2, 0.25) is 0 Å². The Morgan fingerprint density at radius 3 is 1.43 bits per heavy atom. The maximum atomic E-state index is 6.08. The summed E-state index contributed by atoms with van der Waals surface area (Å²) in [5.41, 5.74) is 15.3. The molecule has 6 heteroatoms. The average Bonchev–Trinajstić information content (AvgIpc) is 2.75. The van der Waals surface area contributed by atoms with E-state index >= 15 is 0 Å². The van der Waals surface area contributed by atoms with Crippen LogP contribution in [0.15, 0.2) is 36.4 Å². The number of anilines is 2. The summed E-state index contributed by atoms with van der Waals surface area (Å²) in [6.45, 7) is 7.81. The minimum absolute atomic E-state index is 0.464. The zero-order valence-electron chi connectivity index (χ0n) is 18.3. The Balaban J connectivity index is 1.95. The summed E-state index contributed by atoms with van der Waals surface area (Å²) in [5.74, 6) is 1.30. The summed E-state index contributed by atoms with van der Waals surface area (Å²) < 4.78 is 22.7. The number of hydrogen-bond donors (Lipinski definition) is 2. The largest absolute Gasteiger partial charge is 0.489 e. The van der Waals surface area contributed by atoms with Crippen LogP contribution in [0.2, 0.25) is 0 Å². The van der Waals surface area contributed by atoms with Gasteiger partial charge >= 0.3 is 0 Å². The lowest BCUT2D eigenvalue weighted by Gasteiger charge is -2.13. The van der Waals surface area contributed by atoms with E-state index in [-0.39, 0.29) is 0 Å². The van der Waals surface area contributed by atoms with E-state index in [0.29, 0.717) is 49.3 Å². The van der Waals surface area contributed by atoms with Crippen molar-refractivity contribution in [2.75, 3.05) is 51.1 Å². The van der Waals surface area contributed by atoms with Gasteiger partial charge in [0.15, 0.2) is 0 Å². The van der Waals surface area contributed by atoms with Crippen LogP contribution < -0.4 is 20.9 Å². The monoisotopic (exact) mass is 416 g/mol. The maximum absolute atomic E-state index is 6.08. The van der Waals surface area contributed by atoms with Crippen molar-refractivity contribution in [1.29, 1.82) is 0 Å². The standard InChI is InChI=1S/C24H36N2O4/c1-3-5-11-27-13-15-29-23-17-19(7-9-21(23)25)20-8-10-22(26)24(18-20)30-16-14-28-12-6-4-2/h7-10,17-18H,3-6,11-16,25-26H2,1-2H3. The summed E-state index contributed by atoms with van der Waals surface area (Å²) >= 11 is 0. The van der Waals surface area contributed by atoms with Gasteiger partial charge in [-0.2, -0.15) is 0 Å². The number of ether oxygens (including phenoxy) is 4. The molecule has 0 atom stereocenters. The second-order valence-electron chi connectivity index (χ2n) is 7.13. The van der Waals surface area contributed by atoms with Gasteiger partial charge in [-0.05, 0) is 48.2 Å². The Morgan fingerprint density at radius 2 is 1.03 bits per heavy atom. The van der Waals surface area contributed by atoms with Gasteiger partial charge in [-0.25, -0.2) is 0 Å². The number of nitrogen functional groups attached to an aromatic ring is 2. The van der Waals surface area contributed by atoms with Gasteiger partial charge in [0, 0.05) is 13.2 Å². The van der Waals surface area contributed by atoms with Crippen molar-refractivity contribution in [2.45, 2.75) is 39.5 Å². The molecule has 2 rings (SSSR count). The lowest BCUT2D eigenvalue weighted by Crippen LogP contribution is -2.09. The predicted octanol–water partition coefficient (Wildman–Crippen LogP) is 4.91. The fourth-order valence-corrected chi connectivity index (χ4v) is 2.80. The molecule has 6 nitrogen and oxygen atoms in total. The Kier molecular flexibility index (Phi) is 10.9. The van der Waals surface area contributed by atoms with E-state index in [1.54, 1.807) is 0 Å². The van der Waals surface area contributed by atoms with Crippen LogP contribution in [0.5, 0.6) is 11.5 Å². The molecular weight excluding hydrogens is 380 g/mol. The molecule has 2 aromatic rings. The molecule has 0 saturated heterocycles. The van der Waals surface area contributed by atoms with Gasteiger partial charge < -0.3 is 30.4 Å². The van der Waals surface area contributed by atoms with Crippen LogP contribution in [0.4, 0.5) is 11.4 Å². The fourth-order valence-electron chi connectivity index (χ4n) is 2.80. The third-order valence-corrected chi connectivity index (χ3v) is 4.62. The van der Waals surface area contributed by atoms with Crippen LogP contribution >= 0.6 is 0 Å². The number of unbranched alkanes of at least 4 members (excludes halogenated alkanes) is 2. The van der Waals surface area contributed by atoms with Gasteiger partial charge in [-0.15, -0.1) is 0 Å². The van der Waals surface area contributed by atoms with Crippen LogP contribution in [-0.4, -0.2) is 39.6 Å². The van der Waals surface area contributed by atoms with Crippen molar-refractivity contribution in [2.24, 2.45) is 0 Å². The zero-order valence-corrected chi connectivity index (χ0v) is 18.3. The maximum Gasteiger partial charge on any atom is 0.142 e. The molecule has 0 heterocycles. The van der Waals surface area contributed by atoms with Gasteiger partial charge in [0.25, 0.3) is 0 Å². The van der Waals surface area contributed by atoms with E-state index in [0.717, 1.165) is 50.0 Å². The molecule has 0 aliphatic rings. The fraction of sp³-hybridized carbons (Fsp3) is 0.500. The number of hydrogen-bond acceptors (Lipinski definition) is 6. The van der Waals surface area contributed by atoms with Crippen molar-refractivity contribution in [3.05, 3.63) is 36.4 Å². The van der Waals surface area contributed by atoms with Crippen LogP contribution in [0.3, 0.4) is 0 Å². The molecule has 0 bridgehead atoms. The van der Waals surface area contributed by atoms with E-state index in [1.165, 1.54) is 0 Å². The molecule has 0 spiro atoms. The third kappa shape index (κ3) is 8.13. The highest BCUT2D eigenvalue weighted by Crippen LogP contribution is 2.33. The first-order valence-electron chi connectivity index (χ1n) is 10.9. The number of nitrogens with two attached hydrogens (primary N) is 2. The van der Waals surface area contributed by atoms with Crippen molar-refractivity contribution in [3.8, 4) is 22.6 Å². The van der Waals surface area contributed by atoms with E-state index < -0.39 is 0 Å². The molecule has 0 aliphatic carbocycles. The molecule has 30 heavy (non-hydrogen) atoms. The highest BCUT2D eigenvalue weighted by Gasteiger charge is 2.08. The first kappa shape index (κ1) is 23.8. The summed E-state index contributed by atoms with van der Waals surface area (Å²) in [6.07, 6.45) is 4.36. The average molecular weight is 417 g/mol. The van der Waals surface area contributed by atoms with Crippen molar-refractivity contribution < 1.29 is 18.9 Å². The van der Waals surface area contributed by atoms with Crippen LogP contribution in [0, 0.1) is 0 Å². The van der Waals surface area contributed by atoms with Crippen LogP contribution in [-0.2, 0) is 9.47 Å². The molecular formula is C24H36N2O4. The summed E-state index contributed by atoms with van der Waals surface area (Å²) in [4.78, 5) is 0. The minimum Gasteiger partial charge on any atom is -0.489 e. The molecule has 0 unspecified atom stereocenters. The number of benzene rings is 2. The summed E-state index contributed by atoms with van der Waals surface area (Å²) in [7, 11) is 0. The van der Waals surface area contributed by atoms with Gasteiger partial charge in [0.1, 0.15) is 24.7 Å². The molecule has 4 N–H and O–H groups in total. The van der Waals surface area contributed by atoms with Crippen molar-refractivity contribution in [1.82, 2.24) is 0 Å². The lowest BCUT2D eigenvalue weighted by molar-refractivity contribution is 0.0982. The van der Waals surface area contributed by atoms with Crippen molar-refractivity contribution >= 4 is 11.4 Å². The normalized spacial score (nSPS) is 10.9. The highest BCUT2D eigenvalue weighted by molar-refractivity contribution is 5.73. The molecule has 2 aromatic carbocycles. The van der Waals surface area contributed by atoms with Crippen molar-refractivity contribution in [3.63, 3.8) is 0 Å². The van der Waals surface area contributed by atoms with E-state index in [4.69, 9.17) is 30.4 Å². The van der Waals surface area contributed by atoms with E-state index in [9.17, 15) is 0 Å². The minimum atomic E-state index is 0.464. The molecule has 0 fully saturated rings. The first-order chi connectivity index (χ1) is 14.7. The molecule has 0 radical (unpaired) electrons. The quantitative estimate of drug-likeness (QED) is 0.317. The molecule has 0 aliphatic heterocycles. The number of rotatable bonds is 15. The second-order valence-corrected chi connectivity index (χ2v) is 7.13. The van der Waals surface area contributed by atoms with Gasteiger partial charge in [-0.1, -0.05) is 38.8 Å². The highest BCUT2D eigenvalue weighted by atomic mass is 16.5. The summed E-state index contributed by atoms with van der Waals surface area (Å²) in [6, 6.07) is 11.5. The molecule has 0 aromatic heterocycles. The molecule has 0 amide bonds. The van der Waals surface area contributed by atoms with E-state index in [2.05, 4.69) is 13.8 Å². The predicted molar refractivity (Wildman–Crippen MR) is 123 cm³/mol. The smallest absolute Gasteiger partial charge is 0.142 e. The van der Waals surface area contributed by atoms with Crippen LogP contribution in [0.25, 0.3) is 11.1 Å². The second kappa shape index (κ2) is 13.7. The lowest BCUT2D eigenvalue weighted by atomic mass is 10.0. The van der Waals surface area contributed by atoms with E-state index in [1.807, 2.05) is 36.4 Å². The van der Waals surface area contributed by atoms with Crippen LogP contribution in [0.1, 0.15) is 39.5 Å². The zero-order chi connectivity index (χ0) is 21.6. The SMILES string of the molecule is CCCCOCCOc1cc(-c2ccc(N)c(OCCOCCCC)c2)ccc1N. The Morgan fingerprint density at radius 1 is 0.600 bits per heavy atom. The Hall–Kier alpha value is -2.44. The van der Waals surface area contributed by atoms with Gasteiger partial charge in [0.05, 0.1) is 24.6 Å². The topological polar surface area (TPSA) is 89.0 Å². The first-order valence-corrected chi connectivity index (χ1v) is 10.9. The third-order valence-electron chi connectivity index (χ3n) is 4.62. The van der Waals surface area contributed by atoms with Gasteiger partial charge in [-0.3, -0.25) is 0 Å². The Labute approximate surface area is 180 Å². The Bertz CT molecular complexity index is 688. The molecule has 0 saturated carbocycles. The molecule has 166 valence electrons. The summed E-state index contributed by atoms with van der Waals surface area (Å²) in [5, 5.41) is 0.